The van der Waals surface area contributed by atoms with Crippen LogP contribution in [-0.4, -0.2) is 48.6 Å². The molecule has 0 aromatic rings. The van der Waals surface area contributed by atoms with Crippen LogP contribution in [0.15, 0.2) is 0 Å². The van der Waals surface area contributed by atoms with Gasteiger partial charge >= 0.3 is 0 Å². The largest absolute Gasteiger partial charge is 0.302 e. The number of hydrogen-bond donors (Lipinski definition) is 0. The van der Waals surface area contributed by atoms with Gasteiger partial charge in [-0.15, -0.1) is 0 Å². The molecular weight excluding hydrogens is 268 g/mol. The van der Waals surface area contributed by atoms with Gasteiger partial charge in [-0.25, -0.2) is 0 Å². The fourth-order valence-corrected chi connectivity index (χ4v) is 3.22. The van der Waals surface area contributed by atoms with Crippen molar-refractivity contribution in [3.05, 3.63) is 0 Å². The monoisotopic (exact) mass is 310 g/mol. The molecule has 0 radical (unpaired) electrons. The van der Waals surface area contributed by atoms with E-state index >= 15 is 0 Å². The molecule has 0 saturated carbocycles. The van der Waals surface area contributed by atoms with Crippen LogP contribution in [0.3, 0.4) is 0 Å². The molecule has 22 heavy (non-hydrogen) atoms. The molecule has 0 aromatic heterocycles. The van der Waals surface area contributed by atoms with Crippen LogP contribution < -0.4 is 0 Å². The zero-order chi connectivity index (χ0) is 16.3. The molecule has 0 atom stereocenters. The van der Waals surface area contributed by atoms with E-state index in [1.54, 1.807) is 0 Å². The third kappa shape index (κ3) is 9.84. The first kappa shape index (κ1) is 20.0. The van der Waals surface area contributed by atoms with Crippen LogP contribution in [0.25, 0.3) is 0 Å². The lowest BCUT2D eigenvalue weighted by molar-refractivity contribution is 0.143. The van der Waals surface area contributed by atoms with Gasteiger partial charge in [-0.1, -0.05) is 57.8 Å². The Morgan fingerprint density at radius 3 is 1.41 bits per heavy atom. The predicted octanol–water partition coefficient (Wildman–Crippen LogP) is 5.32. The Morgan fingerprint density at radius 2 is 1.05 bits per heavy atom. The predicted molar refractivity (Wildman–Crippen MR) is 99.6 cm³/mol. The summed E-state index contributed by atoms with van der Waals surface area (Å²) < 4.78 is 0. The van der Waals surface area contributed by atoms with E-state index in [0.29, 0.717) is 5.54 Å². The Hall–Kier alpha value is -0.0800. The molecule has 0 aromatic carbocycles. The molecule has 2 heteroatoms. The Labute approximate surface area is 140 Å². The van der Waals surface area contributed by atoms with Crippen LogP contribution in [0.1, 0.15) is 91.4 Å². The van der Waals surface area contributed by atoms with Crippen molar-refractivity contribution in [3.8, 4) is 0 Å². The first-order valence-electron chi connectivity index (χ1n) is 9.94. The SMILES string of the molecule is CN(CCN1CCCCCCCCCCCCC1)C(C)(C)C. The van der Waals surface area contributed by atoms with E-state index in [-0.39, 0.29) is 0 Å². The fraction of sp³-hybridized carbons (Fsp3) is 1.00. The summed E-state index contributed by atoms with van der Waals surface area (Å²) in [6.45, 7) is 12.0. The van der Waals surface area contributed by atoms with Gasteiger partial charge in [0, 0.05) is 18.6 Å². The van der Waals surface area contributed by atoms with Gasteiger partial charge in [-0.3, -0.25) is 0 Å². The second-order valence-corrected chi connectivity index (χ2v) is 8.32. The van der Waals surface area contributed by atoms with Gasteiger partial charge in [0.05, 0.1) is 0 Å². The summed E-state index contributed by atoms with van der Waals surface area (Å²) in [7, 11) is 2.27. The number of likely N-dealkylation sites (N-methyl/N-ethyl adjacent to an activating group) is 1. The Kier molecular flexibility index (Phi) is 10.4. The Morgan fingerprint density at radius 1 is 0.682 bits per heavy atom. The van der Waals surface area contributed by atoms with Gasteiger partial charge in [0.15, 0.2) is 0 Å². The van der Waals surface area contributed by atoms with E-state index in [1.165, 1.54) is 96.8 Å². The minimum atomic E-state index is 0.294. The van der Waals surface area contributed by atoms with Crippen LogP contribution in [0.2, 0.25) is 0 Å². The molecule has 0 spiro atoms. The van der Waals surface area contributed by atoms with E-state index in [9.17, 15) is 0 Å². The molecule has 1 aliphatic heterocycles. The lowest BCUT2D eigenvalue weighted by atomic mass is 10.0. The summed E-state index contributed by atoms with van der Waals surface area (Å²) in [4.78, 5) is 5.23. The van der Waals surface area contributed by atoms with Crippen molar-refractivity contribution < 1.29 is 0 Å². The molecule has 1 rings (SSSR count). The van der Waals surface area contributed by atoms with Crippen molar-refractivity contribution in [2.75, 3.05) is 33.2 Å². The minimum absolute atomic E-state index is 0.294. The van der Waals surface area contributed by atoms with Crippen molar-refractivity contribution in [1.82, 2.24) is 9.80 Å². The average Bonchev–Trinajstić information content (AvgIpc) is 2.46. The maximum atomic E-state index is 2.73. The number of rotatable bonds is 3. The van der Waals surface area contributed by atoms with Crippen molar-refractivity contribution in [3.63, 3.8) is 0 Å². The molecule has 1 heterocycles. The van der Waals surface area contributed by atoms with Crippen molar-refractivity contribution in [2.45, 2.75) is 96.9 Å². The second kappa shape index (κ2) is 11.5. The highest BCUT2D eigenvalue weighted by molar-refractivity contribution is 4.74. The van der Waals surface area contributed by atoms with E-state index in [4.69, 9.17) is 0 Å². The quantitative estimate of drug-likeness (QED) is 0.695. The third-order valence-electron chi connectivity index (χ3n) is 5.35. The Balaban J connectivity index is 2.33. The van der Waals surface area contributed by atoms with Crippen molar-refractivity contribution in [1.29, 1.82) is 0 Å². The summed E-state index contributed by atoms with van der Waals surface area (Å²) >= 11 is 0. The second-order valence-electron chi connectivity index (χ2n) is 8.32. The molecule has 0 bridgehead atoms. The van der Waals surface area contributed by atoms with E-state index in [0.717, 1.165) is 0 Å². The van der Waals surface area contributed by atoms with Crippen molar-refractivity contribution >= 4 is 0 Å². The van der Waals surface area contributed by atoms with Gasteiger partial charge in [-0.2, -0.15) is 0 Å². The molecule has 0 amide bonds. The van der Waals surface area contributed by atoms with Crippen LogP contribution in [-0.2, 0) is 0 Å². The third-order valence-corrected chi connectivity index (χ3v) is 5.35. The molecule has 1 aliphatic rings. The van der Waals surface area contributed by atoms with Crippen LogP contribution in [0, 0.1) is 0 Å². The van der Waals surface area contributed by atoms with E-state index < -0.39 is 0 Å². The molecule has 1 fully saturated rings. The smallest absolute Gasteiger partial charge is 0.0122 e. The first-order chi connectivity index (χ1) is 10.5. The molecular formula is C20H42N2. The summed E-state index contributed by atoms with van der Waals surface area (Å²) in [6, 6.07) is 0. The van der Waals surface area contributed by atoms with Crippen LogP contribution in [0.5, 0.6) is 0 Å². The highest BCUT2D eigenvalue weighted by Gasteiger charge is 2.17. The summed E-state index contributed by atoms with van der Waals surface area (Å²) in [5, 5.41) is 0. The lowest BCUT2D eigenvalue weighted by Crippen LogP contribution is -2.43. The van der Waals surface area contributed by atoms with Crippen LogP contribution >= 0.6 is 0 Å². The molecule has 132 valence electrons. The highest BCUT2D eigenvalue weighted by Crippen LogP contribution is 2.14. The molecule has 1 saturated heterocycles. The standard InChI is InChI=1S/C20H42N2/c1-20(2,3)21(4)18-19-22-16-14-12-10-8-6-5-7-9-11-13-15-17-22/h5-19H2,1-4H3. The van der Waals surface area contributed by atoms with Gasteiger partial charge < -0.3 is 9.80 Å². The lowest BCUT2D eigenvalue weighted by Gasteiger charge is -2.34. The molecule has 2 nitrogen and oxygen atoms in total. The summed E-state index contributed by atoms with van der Waals surface area (Å²) in [5.74, 6) is 0. The number of nitrogens with zero attached hydrogens (tertiary/aromatic N) is 2. The highest BCUT2D eigenvalue weighted by atomic mass is 15.2. The van der Waals surface area contributed by atoms with Gasteiger partial charge in [0.1, 0.15) is 0 Å². The molecule has 0 N–H and O–H groups in total. The molecule has 0 aliphatic carbocycles. The fourth-order valence-electron chi connectivity index (χ4n) is 3.22. The minimum Gasteiger partial charge on any atom is -0.302 e. The van der Waals surface area contributed by atoms with Gasteiger partial charge in [-0.05, 0) is 53.8 Å². The molecule has 0 unspecified atom stereocenters. The van der Waals surface area contributed by atoms with Crippen molar-refractivity contribution in [2.24, 2.45) is 0 Å². The normalized spacial score (nSPS) is 21.7. The number of hydrogen-bond acceptors (Lipinski definition) is 2. The summed E-state index contributed by atoms with van der Waals surface area (Å²) in [5.41, 5.74) is 0.294. The average molecular weight is 311 g/mol. The zero-order valence-corrected chi connectivity index (χ0v) is 16.0. The maximum absolute atomic E-state index is 2.73. The van der Waals surface area contributed by atoms with Gasteiger partial charge in [0.2, 0.25) is 0 Å². The topological polar surface area (TPSA) is 6.48 Å². The van der Waals surface area contributed by atoms with Gasteiger partial charge in [0.25, 0.3) is 0 Å². The maximum Gasteiger partial charge on any atom is 0.0122 e. The zero-order valence-electron chi connectivity index (χ0n) is 16.0. The van der Waals surface area contributed by atoms with E-state index in [1.807, 2.05) is 0 Å². The van der Waals surface area contributed by atoms with E-state index in [2.05, 4.69) is 37.6 Å². The first-order valence-corrected chi connectivity index (χ1v) is 9.94. The Bertz CT molecular complexity index is 243. The summed E-state index contributed by atoms with van der Waals surface area (Å²) in [6.07, 6.45) is 15.9. The van der Waals surface area contributed by atoms with Crippen LogP contribution in [0.4, 0.5) is 0 Å².